The quantitative estimate of drug-likeness (QED) is 0.832. The summed E-state index contributed by atoms with van der Waals surface area (Å²) in [5.41, 5.74) is 1.08. The first-order chi connectivity index (χ1) is 8.93. The third kappa shape index (κ3) is 2.41. The van der Waals surface area contributed by atoms with Crippen LogP contribution in [-0.2, 0) is 17.7 Å². The molecule has 0 aromatic carbocycles. The van der Waals surface area contributed by atoms with E-state index in [1.165, 1.54) is 6.33 Å². The fourth-order valence-corrected chi connectivity index (χ4v) is 2.06. The van der Waals surface area contributed by atoms with Gasteiger partial charge < -0.3 is 19.1 Å². The van der Waals surface area contributed by atoms with E-state index in [1.54, 1.807) is 0 Å². The molecule has 7 nitrogen and oxygen atoms in total. The van der Waals surface area contributed by atoms with Crippen molar-refractivity contribution < 1.29 is 9.26 Å². The summed E-state index contributed by atoms with van der Waals surface area (Å²) in [7, 11) is 0. The van der Waals surface area contributed by atoms with Crippen molar-refractivity contribution in [2.75, 3.05) is 19.7 Å². The molecule has 1 saturated heterocycles. The number of hydrogen-bond acceptors (Lipinski definition) is 6. The largest absolute Gasteiger partial charge is 0.369 e. The predicted octanol–water partition coefficient (Wildman–Crippen LogP) is 0.170. The van der Waals surface area contributed by atoms with Crippen molar-refractivity contribution in [2.45, 2.75) is 19.1 Å². The molecule has 1 fully saturated rings. The van der Waals surface area contributed by atoms with Gasteiger partial charge in [0.15, 0.2) is 6.33 Å². The monoisotopic (exact) mass is 249 g/mol. The number of ether oxygens (including phenoxy) is 1. The number of imidazole rings is 1. The molecule has 0 bridgehead atoms. The average molecular weight is 249 g/mol. The summed E-state index contributed by atoms with van der Waals surface area (Å²) in [6, 6.07) is 0. The van der Waals surface area contributed by atoms with Crippen LogP contribution in [0.1, 0.15) is 17.7 Å². The molecular weight excluding hydrogens is 234 g/mol. The van der Waals surface area contributed by atoms with Gasteiger partial charge in [-0.15, -0.1) is 0 Å². The van der Waals surface area contributed by atoms with Crippen molar-refractivity contribution >= 4 is 0 Å². The fraction of sp³-hybridized carbons (Fsp3) is 0.545. The van der Waals surface area contributed by atoms with Crippen LogP contribution < -0.4 is 5.32 Å². The lowest BCUT2D eigenvalue weighted by atomic mass is 10.2. The van der Waals surface area contributed by atoms with Crippen LogP contribution in [0, 0.1) is 0 Å². The van der Waals surface area contributed by atoms with Gasteiger partial charge in [0.25, 0.3) is 0 Å². The molecule has 18 heavy (non-hydrogen) atoms. The van der Waals surface area contributed by atoms with Gasteiger partial charge in [-0.2, -0.15) is 4.98 Å². The van der Waals surface area contributed by atoms with E-state index < -0.39 is 0 Å². The molecule has 3 heterocycles. The van der Waals surface area contributed by atoms with E-state index in [-0.39, 0.29) is 6.10 Å². The molecule has 0 spiro atoms. The molecular formula is C11H15N5O2. The minimum Gasteiger partial charge on any atom is -0.369 e. The van der Waals surface area contributed by atoms with E-state index in [1.807, 2.05) is 12.5 Å². The summed E-state index contributed by atoms with van der Waals surface area (Å²) in [6.45, 7) is 3.23. The van der Waals surface area contributed by atoms with Gasteiger partial charge in [0.2, 0.25) is 5.89 Å². The molecule has 2 aromatic heterocycles. The van der Waals surface area contributed by atoms with Gasteiger partial charge in [-0.3, -0.25) is 0 Å². The first-order valence-electron chi connectivity index (χ1n) is 6.01. The van der Waals surface area contributed by atoms with Crippen LogP contribution in [0.4, 0.5) is 0 Å². The Morgan fingerprint density at radius 1 is 1.50 bits per heavy atom. The van der Waals surface area contributed by atoms with E-state index in [0.717, 1.165) is 31.9 Å². The zero-order valence-electron chi connectivity index (χ0n) is 9.95. The summed E-state index contributed by atoms with van der Waals surface area (Å²) in [6.07, 6.45) is 5.85. The second-order valence-electron chi connectivity index (χ2n) is 4.16. The summed E-state index contributed by atoms with van der Waals surface area (Å²) in [5.74, 6) is 0.636. The standard InChI is InChI=1S/C11H15N5O2/c1(11-14-7-15-18-11)3-16-8-13-5-9(16)10-6-12-2-4-17-10/h5,7-8,10,12H,1-4,6H2. The van der Waals surface area contributed by atoms with Crippen LogP contribution in [0.2, 0.25) is 0 Å². The van der Waals surface area contributed by atoms with Crippen LogP contribution in [0.5, 0.6) is 0 Å². The van der Waals surface area contributed by atoms with E-state index >= 15 is 0 Å². The lowest BCUT2D eigenvalue weighted by molar-refractivity contribution is 0.0227. The highest BCUT2D eigenvalue weighted by Gasteiger charge is 2.19. The zero-order valence-corrected chi connectivity index (χ0v) is 9.95. The van der Waals surface area contributed by atoms with Gasteiger partial charge in [0.1, 0.15) is 6.10 Å². The van der Waals surface area contributed by atoms with E-state index in [0.29, 0.717) is 12.3 Å². The molecule has 0 aliphatic carbocycles. The lowest BCUT2D eigenvalue weighted by Gasteiger charge is -2.24. The highest BCUT2D eigenvalue weighted by atomic mass is 16.5. The van der Waals surface area contributed by atoms with Crippen LogP contribution in [0.15, 0.2) is 23.4 Å². The van der Waals surface area contributed by atoms with Gasteiger partial charge in [-0.05, 0) is 0 Å². The van der Waals surface area contributed by atoms with Gasteiger partial charge in [-0.1, -0.05) is 5.16 Å². The van der Waals surface area contributed by atoms with Gasteiger partial charge in [0, 0.05) is 26.1 Å². The Morgan fingerprint density at radius 3 is 3.28 bits per heavy atom. The maximum absolute atomic E-state index is 5.73. The summed E-state index contributed by atoms with van der Waals surface area (Å²) in [4.78, 5) is 8.19. The van der Waals surface area contributed by atoms with Gasteiger partial charge >= 0.3 is 0 Å². The van der Waals surface area contributed by atoms with Gasteiger partial charge in [-0.25, -0.2) is 4.98 Å². The molecule has 2 aromatic rings. The summed E-state index contributed by atoms with van der Waals surface area (Å²) < 4.78 is 12.8. The molecule has 1 unspecified atom stereocenters. The van der Waals surface area contributed by atoms with Crippen LogP contribution >= 0.6 is 0 Å². The van der Waals surface area contributed by atoms with Crippen molar-refractivity contribution in [2.24, 2.45) is 0 Å². The summed E-state index contributed by atoms with van der Waals surface area (Å²) >= 11 is 0. The molecule has 1 atom stereocenters. The highest BCUT2D eigenvalue weighted by molar-refractivity contribution is 5.05. The molecule has 96 valence electrons. The fourth-order valence-electron chi connectivity index (χ4n) is 2.06. The third-order valence-corrected chi connectivity index (χ3v) is 2.98. The second kappa shape index (κ2) is 5.28. The molecule has 1 aliphatic rings. The van der Waals surface area contributed by atoms with Crippen molar-refractivity contribution in [1.82, 2.24) is 25.0 Å². The number of aryl methyl sites for hydroxylation is 2. The van der Waals surface area contributed by atoms with Crippen LogP contribution in [0.3, 0.4) is 0 Å². The first-order valence-corrected chi connectivity index (χ1v) is 6.01. The molecule has 7 heteroatoms. The molecule has 0 radical (unpaired) electrons. The Labute approximate surface area is 104 Å². The lowest BCUT2D eigenvalue weighted by Crippen LogP contribution is -2.34. The zero-order chi connectivity index (χ0) is 12.2. The molecule has 0 amide bonds. The van der Waals surface area contributed by atoms with E-state index in [2.05, 4.69) is 25.0 Å². The Hall–Kier alpha value is -1.73. The Balaban J connectivity index is 1.67. The molecule has 1 N–H and O–H groups in total. The van der Waals surface area contributed by atoms with Gasteiger partial charge in [0.05, 0.1) is 24.8 Å². The van der Waals surface area contributed by atoms with E-state index in [9.17, 15) is 0 Å². The van der Waals surface area contributed by atoms with Crippen LogP contribution in [0.25, 0.3) is 0 Å². The normalized spacial score (nSPS) is 20.1. The van der Waals surface area contributed by atoms with Crippen molar-refractivity contribution in [1.29, 1.82) is 0 Å². The first kappa shape index (κ1) is 11.4. The number of nitrogens with zero attached hydrogens (tertiary/aromatic N) is 4. The van der Waals surface area contributed by atoms with Crippen molar-refractivity contribution in [3.8, 4) is 0 Å². The van der Waals surface area contributed by atoms with Crippen molar-refractivity contribution in [3.05, 3.63) is 30.4 Å². The minimum atomic E-state index is 0.0731. The third-order valence-electron chi connectivity index (χ3n) is 2.98. The molecule has 0 saturated carbocycles. The highest BCUT2D eigenvalue weighted by Crippen LogP contribution is 2.18. The maximum atomic E-state index is 5.73. The minimum absolute atomic E-state index is 0.0731. The Bertz CT molecular complexity index is 475. The van der Waals surface area contributed by atoms with E-state index in [4.69, 9.17) is 9.26 Å². The SMILES string of the molecule is c1noc(CCn2cncc2C2CNCCO2)n1. The second-order valence-corrected chi connectivity index (χ2v) is 4.16. The molecule has 1 aliphatic heterocycles. The van der Waals surface area contributed by atoms with Crippen LogP contribution in [-0.4, -0.2) is 39.4 Å². The van der Waals surface area contributed by atoms with Crippen molar-refractivity contribution in [3.63, 3.8) is 0 Å². The maximum Gasteiger partial charge on any atom is 0.228 e. The number of morpholine rings is 1. The topological polar surface area (TPSA) is 78.0 Å². The average Bonchev–Trinajstić information content (AvgIpc) is 3.09. The Morgan fingerprint density at radius 2 is 2.50 bits per heavy atom. The smallest absolute Gasteiger partial charge is 0.228 e. The predicted molar refractivity (Wildman–Crippen MR) is 61.8 cm³/mol. The summed E-state index contributed by atoms with van der Waals surface area (Å²) in [5, 5.41) is 6.90. The number of aromatic nitrogens is 4. The Kier molecular flexibility index (Phi) is 3.33. The number of rotatable bonds is 4. The number of nitrogens with one attached hydrogen (secondary N) is 1. The number of hydrogen-bond donors (Lipinski definition) is 1. The molecule has 3 rings (SSSR count).